The SMILES string of the molecule is CCC(NC(=O)N(CC(N)=O)C(=O)C(C)Sc1ccccc1OC)c1ccc(C(=O)O)c(N)c1. The van der Waals surface area contributed by atoms with Crippen molar-refractivity contribution in [2.24, 2.45) is 5.73 Å². The summed E-state index contributed by atoms with van der Waals surface area (Å²) in [5, 5.41) is 11.1. The number of aromatic carboxylic acids is 1. The van der Waals surface area contributed by atoms with Crippen molar-refractivity contribution in [3.05, 3.63) is 53.6 Å². The number of nitrogens with zero attached hydrogens (tertiary/aromatic N) is 1. The van der Waals surface area contributed by atoms with Gasteiger partial charge in [-0.1, -0.05) is 25.1 Å². The number of thioether (sulfide) groups is 1. The first-order valence-electron chi connectivity index (χ1n) is 10.4. The molecule has 0 aliphatic rings. The number of methoxy groups -OCH3 is 1. The number of hydrogen-bond acceptors (Lipinski definition) is 7. The molecule has 0 saturated carbocycles. The van der Waals surface area contributed by atoms with Gasteiger partial charge in [0, 0.05) is 5.69 Å². The van der Waals surface area contributed by atoms with E-state index in [0.29, 0.717) is 22.6 Å². The highest BCUT2D eigenvalue weighted by molar-refractivity contribution is 8.00. The fourth-order valence-electron chi connectivity index (χ4n) is 3.22. The van der Waals surface area contributed by atoms with Crippen molar-refractivity contribution in [3.63, 3.8) is 0 Å². The van der Waals surface area contributed by atoms with Gasteiger partial charge in [0.25, 0.3) is 0 Å². The van der Waals surface area contributed by atoms with E-state index in [0.717, 1.165) is 4.90 Å². The summed E-state index contributed by atoms with van der Waals surface area (Å²) in [6, 6.07) is 10.1. The molecule has 0 saturated heterocycles. The maximum atomic E-state index is 13.1. The van der Waals surface area contributed by atoms with Crippen LogP contribution in [-0.2, 0) is 9.59 Å². The Labute approximate surface area is 201 Å². The van der Waals surface area contributed by atoms with E-state index < -0.39 is 41.7 Å². The minimum Gasteiger partial charge on any atom is -0.496 e. The molecule has 2 atom stereocenters. The fourth-order valence-corrected chi connectivity index (χ4v) is 4.26. The number of carbonyl (C=O) groups excluding carboxylic acids is 3. The van der Waals surface area contributed by atoms with Gasteiger partial charge < -0.3 is 26.6 Å². The number of anilines is 1. The Morgan fingerprint density at radius 3 is 2.41 bits per heavy atom. The Bertz CT molecular complexity index is 1080. The lowest BCUT2D eigenvalue weighted by molar-refractivity contribution is -0.131. The third-order valence-electron chi connectivity index (χ3n) is 4.96. The highest BCUT2D eigenvalue weighted by atomic mass is 32.2. The summed E-state index contributed by atoms with van der Waals surface area (Å²) < 4.78 is 5.30. The van der Waals surface area contributed by atoms with Crippen LogP contribution in [0.2, 0.25) is 0 Å². The van der Waals surface area contributed by atoms with E-state index in [-0.39, 0.29) is 11.3 Å². The number of amides is 4. The first kappa shape index (κ1) is 26.5. The number of nitrogens with two attached hydrogens (primary N) is 2. The normalized spacial score (nSPS) is 12.3. The third-order valence-corrected chi connectivity index (χ3v) is 6.11. The molecular weight excluding hydrogens is 460 g/mol. The first-order valence-corrected chi connectivity index (χ1v) is 11.3. The zero-order valence-corrected chi connectivity index (χ0v) is 19.9. The van der Waals surface area contributed by atoms with Gasteiger partial charge in [-0.15, -0.1) is 11.8 Å². The Balaban J connectivity index is 2.23. The van der Waals surface area contributed by atoms with Crippen LogP contribution in [0.3, 0.4) is 0 Å². The number of nitrogens with one attached hydrogen (secondary N) is 1. The molecule has 11 heteroatoms. The van der Waals surface area contributed by atoms with Crippen molar-refractivity contribution in [1.82, 2.24) is 10.2 Å². The van der Waals surface area contributed by atoms with Gasteiger partial charge in [0.1, 0.15) is 12.3 Å². The molecule has 2 aromatic rings. The second-order valence-corrected chi connectivity index (χ2v) is 8.75. The Morgan fingerprint density at radius 2 is 1.85 bits per heavy atom. The van der Waals surface area contributed by atoms with Crippen molar-refractivity contribution >= 4 is 41.3 Å². The van der Waals surface area contributed by atoms with E-state index in [9.17, 15) is 19.2 Å². The summed E-state index contributed by atoms with van der Waals surface area (Å²) in [6.07, 6.45) is 0.418. The van der Waals surface area contributed by atoms with Gasteiger partial charge in [-0.25, -0.2) is 9.59 Å². The van der Waals surface area contributed by atoms with E-state index in [1.807, 2.05) is 0 Å². The van der Waals surface area contributed by atoms with E-state index >= 15 is 0 Å². The number of ether oxygens (including phenoxy) is 1. The standard InChI is InChI=1S/C23H28N4O6S/c1-4-17(14-9-10-15(22(30)31)16(24)11-14)26-23(32)27(12-20(25)28)21(29)13(2)34-19-8-6-5-7-18(19)33-3/h5-11,13,17H,4,12,24H2,1-3H3,(H2,25,28)(H,26,32)(H,30,31). The molecule has 0 spiro atoms. The summed E-state index contributed by atoms with van der Waals surface area (Å²) in [5.74, 6) is -2.05. The molecule has 0 fully saturated rings. The maximum absolute atomic E-state index is 13.1. The number of benzene rings is 2. The highest BCUT2D eigenvalue weighted by Gasteiger charge is 2.30. The van der Waals surface area contributed by atoms with Crippen molar-refractivity contribution < 1.29 is 29.0 Å². The summed E-state index contributed by atoms with van der Waals surface area (Å²) in [7, 11) is 1.51. The molecule has 34 heavy (non-hydrogen) atoms. The monoisotopic (exact) mass is 488 g/mol. The van der Waals surface area contributed by atoms with Crippen LogP contribution >= 0.6 is 11.8 Å². The summed E-state index contributed by atoms with van der Waals surface area (Å²) in [4.78, 5) is 50.4. The van der Waals surface area contributed by atoms with Gasteiger partial charge in [-0.2, -0.15) is 0 Å². The number of carboxylic acids is 1. The molecule has 0 aromatic heterocycles. The second-order valence-electron chi connectivity index (χ2n) is 7.36. The lowest BCUT2D eigenvalue weighted by Crippen LogP contribution is -2.50. The molecule has 2 aromatic carbocycles. The molecular formula is C23H28N4O6S. The molecule has 0 bridgehead atoms. The lowest BCUT2D eigenvalue weighted by Gasteiger charge is -2.26. The second kappa shape index (κ2) is 11.9. The summed E-state index contributed by atoms with van der Waals surface area (Å²) in [5.41, 5.74) is 11.7. The van der Waals surface area contributed by atoms with Crippen LogP contribution in [0.1, 0.15) is 42.2 Å². The first-order chi connectivity index (χ1) is 16.1. The largest absolute Gasteiger partial charge is 0.496 e. The van der Waals surface area contributed by atoms with Gasteiger partial charge in [0.05, 0.1) is 28.9 Å². The van der Waals surface area contributed by atoms with Gasteiger partial charge in [0.15, 0.2) is 0 Å². The predicted molar refractivity (Wildman–Crippen MR) is 129 cm³/mol. The Morgan fingerprint density at radius 1 is 1.18 bits per heavy atom. The highest BCUT2D eigenvalue weighted by Crippen LogP contribution is 2.32. The van der Waals surface area contributed by atoms with Gasteiger partial charge >= 0.3 is 12.0 Å². The number of hydrogen-bond donors (Lipinski definition) is 4. The number of imide groups is 1. The van der Waals surface area contributed by atoms with E-state index in [1.165, 1.54) is 37.1 Å². The molecule has 2 unspecified atom stereocenters. The number of urea groups is 1. The maximum Gasteiger partial charge on any atom is 0.337 e. The quantitative estimate of drug-likeness (QED) is 0.293. The molecule has 182 valence electrons. The van der Waals surface area contributed by atoms with E-state index in [1.54, 1.807) is 38.1 Å². The number of nitrogen functional groups attached to an aromatic ring is 1. The van der Waals surface area contributed by atoms with Gasteiger partial charge in [0.2, 0.25) is 11.8 Å². The van der Waals surface area contributed by atoms with E-state index in [2.05, 4.69) is 5.32 Å². The number of carbonyl (C=O) groups is 4. The summed E-state index contributed by atoms with van der Waals surface area (Å²) in [6.45, 7) is 2.81. The number of primary amides is 1. The van der Waals surface area contributed by atoms with Crippen LogP contribution in [0.4, 0.5) is 10.5 Å². The van der Waals surface area contributed by atoms with Crippen LogP contribution in [0.5, 0.6) is 5.75 Å². The smallest absolute Gasteiger partial charge is 0.337 e. The van der Waals surface area contributed by atoms with Gasteiger partial charge in [-0.05, 0) is 43.2 Å². The minimum atomic E-state index is -1.17. The Hall–Kier alpha value is -3.73. The van der Waals surface area contributed by atoms with Crippen molar-refractivity contribution in [1.29, 1.82) is 0 Å². The van der Waals surface area contributed by atoms with Crippen LogP contribution in [0.25, 0.3) is 0 Å². The average Bonchev–Trinajstić information content (AvgIpc) is 2.80. The van der Waals surface area contributed by atoms with Crippen LogP contribution in [0.15, 0.2) is 47.4 Å². The zero-order chi connectivity index (χ0) is 25.4. The zero-order valence-electron chi connectivity index (χ0n) is 19.1. The topological polar surface area (TPSA) is 165 Å². The molecule has 0 aliphatic heterocycles. The minimum absolute atomic E-state index is 0.0459. The van der Waals surface area contributed by atoms with Crippen molar-refractivity contribution in [2.75, 3.05) is 19.4 Å². The molecule has 4 amide bonds. The van der Waals surface area contributed by atoms with Crippen LogP contribution in [-0.4, -0.2) is 52.7 Å². The predicted octanol–water partition coefficient (Wildman–Crippen LogP) is 2.63. The average molecular weight is 489 g/mol. The number of carboxylic acid groups (broad SMARTS) is 1. The summed E-state index contributed by atoms with van der Waals surface area (Å²) >= 11 is 1.18. The molecule has 0 radical (unpaired) electrons. The Kier molecular flexibility index (Phi) is 9.31. The van der Waals surface area contributed by atoms with E-state index in [4.69, 9.17) is 21.3 Å². The lowest BCUT2D eigenvalue weighted by atomic mass is 10.0. The molecule has 10 nitrogen and oxygen atoms in total. The van der Waals surface area contributed by atoms with Gasteiger partial charge in [-0.3, -0.25) is 14.5 Å². The fraction of sp³-hybridized carbons (Fsp3) is 0.304. The van der Waals surface area contributed by atoms with Crippen molar-refractivity contribution in [3.8, 4) is 5.75 Å². The van der Waals surface area contributed by atoms with Crippen LogP contribution < -0.4 is 21.5 Å². The molecule has 0 aliphatic carbocycles. The van der Waals surface area contributed by atoms with Crippen LogP contribution in [0, 0.1) is 0 Å². The molecule has 6 N–H and O–H groups in total. The molecule has 2 rings (SSSR count). The number of rotatable bonds is 10. The number of para-hydroxylation sites is 1. The molecule has 0 heterocycles. The van der Waals surface area contributed by atoms with Crippen molar-refractivity contribution in [2.45, 2.75) is 36.5 Å². The third kappa shape index (κ3) is 6.64.